The van der Waals surface area contributed by atoms with Crippen molar-refractivity contribution in [1.29, 1.82) is 0 Å². The van der Waals surface area contributed by atoms with Crippen LogP contribution in [0.3, 0.4) is 0 Å². The van der Waals surface area contributed by atoms with Crippen LogP contribution in [0.15, 0.2) is 16.8 Å². The van der Waals surface area contributed by atoms with Crippen molar-refractivity contribution in [3.8, 4) is 0 Å². The highest BCUT2D eigenvalue weighted by atomic mass is 32.1. The number of piperidine rings is 1. The Morgan fingerprint density at radius 2 is 2.50 bits per heavy atom. The van der Waals surface area contributed by atoms with Gasteiger partial charge in [0.2, 0.25) is 0 Å². The molecule has 78 valence electrons. The summed E-state index contributed by atoms with van der Waals surface area (Å²) >= 11 is 1.78. The molecule has 0 saturated carbocycles. The standard InChI is InChI=1S/C11H18N2S/c12-11-2-1-5-13(8-11)6-3-10-4-7-14-9-10/h4,7,9,11H,1-3,5-6,8,12H2. The molecular weight excluding hydrogens is 192 g/mol. The molecule has 1 aliphatic heterocycles. The molecule has 2 nitrogen and oxygen atoms in total. The van der Waals surface area contributed by atoms with E-state index in [1.54, 1.807) is 11.3 Å². The van der Waals surface area contributed by atoms with E-state index in [1.165, 1.54) is 37.9 Å². The van der Waals surface area contributed by atoms with Crippen LogP contribution < -0.4 is 5.73 Å². The Kier molecular flexibility index (Phi) is 3.56. The molecule has 0 aromatic carbocycles. The van der Waals surface area contributed by atoms with Crippen LogP contribution in [0.25, 0.3) is 0 Å². The van der Waals surface area contributed by atoms with Crippen molar-refractivity contribution in [2.75, 3.05) is 19.6 Å². The van der Waals surface area contributed by atoms with Gasteiger partial charge in [0.15, 0.2) is 0 Å². The van der Waals surface area contributed by atoms with E-state index in [0.29, 0.717) is 6.04 Å². The van der Waals surface area contributed by atoms with Crippen molar-refractivity contribution in [1.82, 2.24) is 4.90 Å². The van der Waals surface area contributed by atoms with Gasteiger partial charge < -0.3 is 10.6 Å². The Morgan fingerprint density at radius 3 is 3.21 bits per heavy atom. The maximum absolute atomic E-state index is 5.93. The molecule has 3 heteroatoms. The molecule has 1 unspecified atom stereocenters. The van der Waals surface area contributed by atoms with Crippen LogP contribution in [0.4, 0.5) is 0 Å². The normalized spacial score (nSPS) is 23.9. The fraction of sp³-hybridized carbons (Fsp3) is 0.636. The predicted molar refractivity (Wildman–Crippen MR) is 61.7 cm³/mol. The van der Waals surface area contributed by atoms with Crippen LogP contribution in [-0.2, 0) is 6.42 Å². The molecule has 0 aliphatic carbocycles. The Morgan fingerprint density at radius 1 is 1.57 bits per heavy atom. The van der Waals surface area contributed by atoms with E-state index in [1.807, 2.05) is 0 Å². The molecular formula is C11H18N2S. The molecule has 2 heterocycles. The van der Waals surface area contributed by atoms with Gasteiger partial charge in [0, 0.05) is 19.1 Å². The summed E-state index contributed by atoms with van der Waals surface area (Å²) in [6, 6.07) is 2.63. The highest BCUT2D eigenvalue weighted by Crippen LogP contribution is 2.11. The predicted octanol–water partition coefficient (Wildman–Crippen LogP) is 1.71. The first kappa shape index (κ1) is 10.1. The second-order valence-corrected chi connectivity index (χ2v) is 4.86. The van der Waals surface area contributed by atoms with E-state index in [0.717, 1.165) is 6.54 Å². The lowest BCUT2D eigenvalue weighted by Gasteiger charge is -2.30. The van der Waals surface area contributed by atoms with Gasteiger partial charge in [-0.25, -0.2) is 0 Å². The van der Waals surface area contributed by atoms with E-state index in [-0.39, 0.29) is 0 Å². The smallest absolute Gasteiger partial charge is 0.0168 e. The van der Waals surface area contributed by atoms with Crippen molar-refractivity contribution in [3.63, 3.8) is 0 Å². The second-order valence-electron chi connectivity index (χ2n) is 4.08. The maximum atomic E-state index is 5.93. The fourth-order valence-corrected chi connectivity index (χ4v) is 2.72. The summed E-state index contributed by atoms with van der Waals surface area (Å²) in [6.07, 6.45) is 3.65. The van der Waals surface area contributed by atoms with E-state index < -0.39 is 0 Å². The van der Waals surface area contributed by atoms with Gasteiger partial charge in [-0.1, -0.05) is 0 Å². The first-order valence-electron chi connectivity index (χ1n) is 5.33. The van der Waals surface area contributed by atoms with Crippen LogP contribution >= 0.6 is 11.3 Å². The number of hydrogen-bond donors (Lipinski definition) is 1. The maximum Gasteiger partial charge on any atom is 0.0168 e. The molecule has 1 saturated heterocycles. The molecule has 1 aromatic heterocycles. The molecule has 1 aliphatic rings. The zero-order valence-corrected chi connectivity index (χ0v) is 9.30. The lowest BCUT2D eigenvalue weighted by Crippen LogP contribution is -2.43. The Hall–Kier alpha value is -0.380. The van der Waals surface area contributed by atoms with Crippen LogP contribution in [0.2, 0.25) is 0 Å². The number of nitrogens with two attached hydrogens (primary N) is 1. The molecule has 1 atom stereocenters. The minimum Gasteiger partial charge on any atom is -0.327 e. The molecule has 1 fully saturated rings. The quantitative estimate of drug-likeness (QED) is 0.823. The molecule has 0 bridgehead atoms. The summed E-state index contributed by atoms with van der Waals surface area (Å²) in [5.41, 5.74) is 7.40. The summed E-state index contributed by atoms with van der Waals surface area (Å²) in [5.74, 6) is 0. The third kappa shape index (κ3) is 2.80. The van der Waals surface area contributed by atoms with Gasteiger partial charge in [-0.15, -0.1) is 0 Å². The summed E-state index contributed by atoms with van der Waals surface area (Å²) in [4.78, 5) is 2.49. The lowest BCUT2D eigenvalue weighted by atomic mass is 10.1. The molecule has 2 rings (SSSR count). The van der Waals surface area contributed by atoms with Crippen molar-refractivity contribution in [3.05, 3.63) is 22.4 Å². The van der Waals surface area contributed by atoms with Gasteiger partial charge in [0.1, 0.15) is 0 Å². The van der Waals surface area contributed by atoms with Crippen molar-refractivity contribution >= 4 is 11.3 Å². The Balaban J connectivity index is 1.75. The lowest BCUT2D eigenvalue weighted by molar-refractivity contribution is 0.211. The van der Waals surface area contributed by atoms with Crippen molar-refractivity contribution < 1.29 is 0 Å². The van der Waals surface area contributed by atoms with E-state index in [4.69, 9.17) is 5.73 Å². The SMILES string of the molecule is NC1CCCN(CCc2ccsc2)C1. The van der Waals surface area contributed by atoms with Crippen LogP contribution in [0, 0.1) is 0 Å². The summed E-state index contributed by atoms with van der Waals surface area (Å²) in [7, 11) is 0. The zero-order valence-electron chi connectivity index (χ0n) is 8.48. The van der Waals surface area contributed by atoms with Crippen molar-refractivity contribution in [2.45, 2.75) is 25.3 Å². The largest absolute Gasteiger partial charge is 0.327 e. The highest BCUT2D eigenvalue weighted by molar-refractivity contribution is 7.07. The van der Waals surface area contributed by atoms with Gasteiger partial charge in [0.05, 0.1) is 0 Å². The molecule has 0 spiro atoms. The Bertz CT molecular complexity index is 258. The van der Waals surface area contributed by atoms with E-state index in [2.05, 4.69) is 21.7 Å². The summed E-state index contributed by atoms with van der Waals surface area (Å²) in [6.45, 7) is 3.49. The van der Waals surface area contributed by atoms with Gasteiger partial charge in [-0.3, -0.25) is 0 Å². The van der Waals surface area contributed by atoms with Crippen LogP contribution in [0.1, 0.15) is 18.4 Å². The Labute approximate surface area is 89.7 Å². The monoisotopic (exact) mass is 210 g/mol. The number of rotatable bonds is 3. The number of thiophene rings is 1. The first-order valence-corrected chi connectivity index (χ1v) is 6.28. The van der Waals surface area contributed by atoms with Crippen LogP contribution in [0.5, 0.6) is 0 Å². The highest BCUT2D eigenvalue weighted by Gasteiger charge is 2.15. The van der Waals surface area contributed by atoms with Crippen molar-refractivity contribution in [2.24, 2.45) is 5.73 Å². The third-order valence-electron chi connectivity index (χ3n) is 2.84. The van der Waals surface area contributed by atoms with Crippen LogP contribution in [-0.4, -0.2) is 30.6 Å². The van der Waals surface area contributed by atoms with Gasteiger partial charge in [-0.05, 0) is 48.2 Å². The molecule has 14 heavy (non-hydrogen) atoms. The molecule has 0 radical (unpaired) electrons. The third-order valence-corrected chi connectivity index (χ3v) is 3.57. The fourth-order valence-electron chi connectivity index (χ4n) is 2.02. The van der Waals surface area contributed by atoms with Gasteiger partial charge >= 0.3 is 0 Å². The minimum absolute atomic E-state index is 0.409. The zero-order chi connectivity index (χ0) is 9.80. The minimum atomic E-state index is 0.409. The van der Waals surface area contributed by atoms with E-state index >= 15 is 0 Å². The van der Waals surface area contributed by atoms with Gasteiger partial charge in [-0.2, -0.15) is 11.3 Å². The number of nitrogens with zero attached hydrogens (tertiary/aromatic N) is 1. The summed E-state index contributed by atoms with van der Waals surface area (Å²) in [5, 5.41) is 4.39. The second kappa shape index (κ2) is 4.91. The molecule has 2 N–H and O–H groups in total. The average molecular weight is 210 g/mol. The first-order chi connectivity index (χ1) is 6.84. The summed E-state index contributed by atoms with van der Waals surface area (Å²) < 4.78 is 0. The molecule has 1 aromatic rings. The molecule has 0 amide bonds. The average Bonchev–Trinajstić information content (AvgIpc) is 2.67. The number of hydrogen-bond acceptors (Lipinski definition) is 3. The topological polar surface area (TPSA) is 29.3 Å². The number of likely N-dealkylation sites (tertiary alicyclic amines) is 1. The van der Waals surface area contributed by atoms with E-state index in [9.17, 15) is 0 Å². The van der Waals surface area contributed by atoms with Gasteiger partial charge in [0.25, 0.3) is 0 Å².